The Kier molecular flexibility index (Phi) is 5.15. The minimum atomic E-state index is -3.88. The number of rotatable bonds is 7. The van der Waals surface area contributed by atoms with Crippen LogP contribution in [0.4, 0.5) is 0 Å². The van der Waals surface area contributed by atoms with Crippen LogP contribution in [0.3, 0.4) is 0 Å². The largest absolute Gasteiger partial charge is 0.480 e. The van der Waals surface area contributed by atoms with Crippen molar-refractivity contribution in [2.24, 2.45) is 11.3 Å². The second kappa shape index (κ2) is 6.09. The highest BCUT2D eigenvalue weighted by Gasteiger charge is 2.49. The summed E-state index contributed by atoms with van der Waals surface area (Å²) in [5.41, 5.74) is -1.03. The monoisotopic (exact) mass is 307 g/mol. The quantitative estimate of drug-likeness (QED) is 0.657. The molecule has 1 aliphatic rings. The topological polar surface area (TPSA) is 110 Å². The highest BCUT2D eigenvalue weighted by Crippen LogP contribution is 2.43. The van der Waals surface area contributed by atoms with Gasteiger partial charge in [-0.1, -0.05) is 20.3 Å². The molecule has 0 saturated heterocycles. The zero-order valence-corrected chi connectivity index (χ0v) is 12.7. The number of carbonyl (C=O) groups is 2. The molecule has 1 atom stereocenters. The first-order valence-corrected chi connectivity index (χ1v) is 8.10. The number of carbonyl (C=O) groups excluding carboxylic acids is 1. The molecule has 1 fully saturated rings. The summed E-state index contributed by atoms with van der Waals surface area (Å²) in [6.45, 7) is 3.22. The average molecular weight is 307 g/mol. The van der Waals surface area contributed by atoms with E-state index in [2.05, 4.69) is 9.46 Å². The van der Waals surface area contributed by atoms with Gasteiger partial charge >= 0.3 is 11.9 Å². The van der Waals surface area contributed by atoms with Gasteiger partial charge in [0.15, 0.2) is 0 Å². The Morgan fingerprint density at radius 2 is 1.90 bits per heavy atom. The van der Waals surface area contributed by atoms with Gasteiger partial charge in [-0.05, 0) is 18.8 Å². The molecule has 116 valence electrons. The Balaban J connectivity index is 2.84. The summed E-state index contributed by atoms with van der Waals surface area (Å²) < 4.78 is 31.0. The molecule has 1 saturated carbocycles. The lowest BCUT2D eigenvalue weighted by atomic mass is 9.70. The number of sulfonamides is 1. The van der Waals surface area contributed by atoms with Crippen molar-refractivity contribution in [1.29, 1.82) is 0 Å². The van der Waals surface area contributed by atoms with E-state index in [9.17, 15) is 18.0 Å². The van der Waals surface area contributed by atoms with Crippen molar-refractivity contribution in [3.63, 3.8) is 0 Å². The lowest BCUT2D eigenvalue weighted by Crippen LogP contribution is -2.51. The first-order chi connectivity index (χ1) is 9.13. The van der Waals surface area contributed by atoms with E-state index in [1.165, 1.54) is 7.11 Å². The van der Waals surface area contributed by atoms with Crippen molar-refractivity contribution < 1.29 is 27.9 Å². The zero-order valence-electron chi connectivity index (χ0n) is 11.9. The molecule has 0 aromatic carbocycles. The van der Waals surface area contributed by atoms with E-state index < -0.39 is 45.1 Å². The van der Waals surface area contributed by atoms with Gasteiger partial charge in [0.2, 0.25) is 10.0 Å². The Hall–Kier alpha value is -1.15. The Bertz CT molecular complexity index is 480. The molecule has 0 aromatic heterocycles. The maximum absolute atomic E-state index is 12.1. The van der Waals surface area contributed by atoms with Crippen LogP contribution >= 0.6 is 0 Å². The molecule has 0 unspecified atom stereocenters. The van der Waals surface area contributed by atoms with Gasteiger partial charge in [-0.15, -0.1) is 0 Å². The van der Waals surface area contributed by atoms with Crippen molar-refractivity contribution in [1.82, 2.24) is 4.72 Å². The molecule has 0 amide bonds. The molecule has 7 nitrogen and oxygen atoms in total. The van der Waals surface area contributed by atoms with Gasteiger partial charge in [-0.25, -0.2) is 13.1 Å². The van der Waals surface area contributed by atoms with Gasteiger partial charge in [0.05, 0.1) is 18.3 Å². The summed E-state index contributed by atoms with van der Waals surface area (Å²) in [5, 5.41) is 9.01. The number of aliphatic carboxylic acids is 1. The van der Waals surface area contributed by atoms with Gasteiger partial charge in [-0.3, -0.25) is 9.59 Å². The van der Waals surface area contributed by atoms with Gasteiger partial charge in [0.1, 0.15) is 6.04 Å². The fourth-order valence-corrected chi connectivity index (χ4v) is 4.28. The van der Waals surface area contributed by atoms with E-state index in [4.69, 9.17) is 5.11 Å². The van der Waals surface area contributed by atoms with Crippen LogP contribution in [0.1, 0.15) is 33.1 Å². The fourth-order valence-electron chi connectivity index (χ4n) is 2.30. The minimum absolute atomic E-state index is 0.391. The van der Waals surface area contributed by atoms with Crippen LogP contribution in [0.2, 0.25) is 0 Å². The summed E-state index contributed by atoms with van der Waals surface area (Å²) in [6, 6.07) is -1.20. The van der Waals surface area contributed by atoms with Crippen LogP contribution in [0.5, 0.6) is 0 Å². The number of ether oxygens (including phenoxy) is 1. The van der Waals surface area contributed by atoms with Crippen molar-refractivity contribution in [3.8, 4) is 0 Å². The van der Waals surface area contributed by atoms with Crippen LogP contribution in [-0.2, 0) is 24.3 Å². The smallest absolute Gasteiger partial charge is 0.321 e. The fraction of sp³-hybridized carbons (Fsp3) is 0.833. The zero-order chi connectivity index (χ0) is 15.6. The van der Waals surface area contributed by atoms with Crippen LogP contribution < -0.4 is 4.72 Å². The third-order valence-electron chi connectivity index (χ3n) is 3.63. The van der Waals surface area contributed by atoms with Crippen molar-refractivity contribution in [2.45, 2.75) is 39.2 Å². The number of carboxylic acids is 1. The predicted molar refractivity (Wildman–Crippen MR) is 71.5 cm³/mol. The maximum atomic E-state index is 12.1. The van der Waals surface area contributed by atoms with E-state index in [0.29, 0.717) is 12.8 Å². The lowest BCUT2D eigenvalue weighted by Gasteiger charge is -2.38. The summed E-state index contributed by atoms with van der Waals surface area (Å²) >= 11 is 0. The number of hydrogen-bond donors (Lipinski definition) is 2. The molecule has 0 aromatic rings. The number of hydrogen-bond acceptors (Lipinski definition) is 5. The standard InChI is InChI=1S/C12H21NO6S/c1-8(2)9(10(14)15)13-20(17,18)7-12(5-4-6-12)11(16)19-3/h8-9,13H,4-7H2,1-3H3,(H,14,15)/t9-/m1/s1. The third-order valence-corrected chi connectivity index (χ3v) is 5.18. The Labute approximate surface area is 118 Å². The van der Waals surface area contributed by atoms with E-state index in [1.807, 2.05) is 0 Å². The molecule has 0 spiro atoms. The molecule has 1 rings (SSSR count). The van der Waals surface area contributed by atoms with Crippen molar-refractivity contribution >= 4 is 22.0 Å². The summed E-state index contributed by atoms with van der Waals surface area (Å²) in [5.74, 6) is -2.60. The highest BCUT2D eigenvalue weighted by molar-refractivity contribution is 7.89. The van der Waals surface area contributed by atoms with E-state index in [-0.39, 0.29) is 0 Å². The first-order valence-electron chi connectivity index (χ1n) is 6.45. The van der Waals surface area contributed by atoms with Gasteiger partial charge in [-0.2, -0.15) is 0 Å². The Morgan fingerprint density at radius 1 is 1.35 bits per heavy atom. The van der Waals surface area contributed by atoms with E-state index >= 15 is 0 Å². The molecule has 20 heavy (non-hydrogen) atoms. The van der Waals surface area contributed by atoms with Crippen LogP contribution in [-0.4, -0.2) is 44.4 Å². The number of nitrogens with one attached hydrogen (secondary N) is 1. The minimum Gasteiger partial charge on any atom is -0.480 e. The molecule has 0 bridgehead atoms. The SMILES string of the molecule is COC(=O)C1(CS(=O)(=O)N[C@@H](C(=O)O)C(C)C)CCC1. The first kappa shape index (κ1) is 16.9. The van der Waals surface area contributed by atoms with Crippen molar-refractivity contribution in [3.05, 3.63) is 0 Å². The molecule has 1 aliphatic carbocycles. The van der Waals surface area contributed by atoms with Gasteiger partial charge in [0, 0.05) is 0 Å². The Morgan fingerprint density at radius 3 is 2.20 bits per heavy atom. The third kappa shape index (κ3) is 3.69. The summed E-state index contributed by atoms with van der Waals surface area (Å²) in [4.78, 5) is 22.8. The predicted octanol–water partition coefficient (Wildman–Crippen LogP) is 0.358. The molecular weight excluding hydrogens is 286 g/mol. The lowest BCUT2D eigenvalue weighted by molar-refractivity contribution is -0.156. The normalized spacial score (nSPS) is 19.2. The average Bonchev–Trinajstić information content (AvgIpc) is 2.29. The number of carboxylic acid groups (broad SMARTS) is 1. The molecule has 0 aliphatic heterocycles. The second-order valence-corrected chi connectivity index (χ2v) is 7.32. The molecule has 0 heterocycles. The van der Waals surface area contributed by atoms with E-state index in [0.717, 1.165) is 6.42 Å². The van der Waals surface area contributed by atoms with Gasteiger partial charge in [0.25, 0.3) is 0 Å². The maximum Gasteiger partial charge on any atom is 0.321 e. The molecule has 2 N–H and O–H groups in total. The number of esters is 1. The van der Waals surface area contributed by atoms with Crippen molar-refractivity contribution in [2.75, 3.05) is 12.9 Å². The van der Waals surface area contributed by atoms with Gasteiger partial charge < -0.3 is 9.84 Å². The molecular formula is C12H21NO6S. The van der Waals surface area contributed by atoms with Crippen LogP contribution in [0.25, 0.3) is 0 Å². The second-order valence-electron chi connectivity index (χ2n) is 5.56. The summed E-state index contributed by atoms with van der Waals surface area (Å²) in [7, 11) is -2.66. The number of methoxy groups -OCH3 is 1. The highest BCUT2D eigenvalue weighted by atomic mass is 32.2. The van der Waals surface area contributed by atoms with Crippen LogP contribution in [0.15, 0.2) is 0 Å². The van der Waals surface area contributed by atoms with Crippen LogP contribution in [0, 0.1) is 11.3 Å². The summed E-state index contributed by atoms with van der Waals surface area (Å²) in [6.07, 6.45) is 1.65. The van der Waals surface area contributed by atoms with E-state index in [1.54, 1.807) is 13.8 Å². The molecule has 0 radical (unpaired) electrons. The molecule has 8 heteroatoms.